The Balaban J connectivity index is 1.26. The van der Waals surface area contributed by atoms with Gasteiger partial charge in [-0.25, -0.2) is 4.68 Å². The monoisotopic (exact) mass is 430 g/mol. The molecule has 2 unspecified atom stereocenters. The molecule has 0 radical (unpaired) electrons. The van der Waals surface area contributed by atoms with E-state index in [9.17, 15) is 4.79 Å². The summed E-state index contributed by atoms with van der Waals surface area (Å²) >= 11 is 1.81. The SMILES string of the molecule is [2H]c1ccc(-n2nc(C([2H])([2H])[2H])cc2N2CCN(C3CNC(C(=O)N4CCSC4)C3)CC2)cc1. The van der Waals surface area contributed by atoms with Crippen molar-refractivity contribution >= 4 is 23.5 Å². The molecule has 1 aromatic carbocycles. The highest BCUT2D eigenvalue weighted by molar-refractivity contribution is 7.99. The van der Waals surface area contributed by atoms with Crippen molar-refractivity contribution in [2.24, 2.45) is 0 Å². The van der Waals surface area contributed by atoms with Crippen molar-refractivity contribution in [1.82, 2.24) is 24.9 Å². The lowest BCUT2D eigenvalue weighted by atomic mass is 10.1. The van der Waals surface area contributed by atoms with Gasteiger partial charge in [0.05, 0.1) is 24.7 Å². The molecule has 0 bridgehead atoms. The van der Waals surface area contributed by atoms with Crippen molar-refractivity contribution in [3.8, 4) is 5.69 Å². The summed E-state index contributed by atoms with van der Waals surface area (Å²) in [7, 11) is 0. The molecule has 160 valence electrons. The Morgan fingerprint density at radius 2 is 2.10 bits per heavy atom. The Kier molecular flexibility index (Phi) is 4.51. The molecule has 1 N–H and O–H groups in total. The largest absolute Gasteiger partial charge is 0.354 e. The second-order valence-electron chi connectivity index (χ2n) is 8.07. The number of hydrogen-bond donors (Lipinski definition) is 1. The standard InChI is InChI=1S/C22H30N6OS/c1-17-13-21(28(24-17)18-5-3-2-4-6-18)26-9-7-25(8-10-26)19-14-20(23-15-19)22(29)27-11-12-30-16-27/h2-6,13,19-20,23H,7-12,14-16H2,1H3/i1D3,2D. The van der Waals surface area contributed by atoms with Gasteiger partial charge in [0.1, 0.15) is 5.82 Å². The maximum atomic E-state index is 12.7. The molecule has 0 spiro atoms. The van der Waals surface area contributed by atoms with E-state index >= 15 is 0 Å². The van der Waals surface area contributed by atoms with Crippen LogP contribution in [0.5, 0.6) is 0 Å². The highest BCUT2D eigenvalue weighted by Gasteiger charge is 2.36. The Hall–Kier alpha value is -2.03. The Morgan fingerprint density at radius 3 is 2.83 bits per heavy atom. The number of rotatable bonds is 4. The van der Waals surface area contributed by atoms with E-state index in [1.54, 1.807) is 35.0 Å². The number of benzene rings is 1. The van der Waals surface area contributed by atoms with Gasteiger partial charge in [0.2, 0.25) is 5.91 Å². The summed E-state index contributed by atoms with van der Waals surface area (Å²) in [5.41, 5.74) is 0.812. The van der Waals surface area contributed by atoms with E-state index in [0.29, 0.717) is 12.1 Å². The number of para-hydroxylation sites is 1. The molecule has 4 heterocycles. The first kappa shape index (κ1) is 15.7. The van der Waals surface area contributed by atoms with Crippen LogP contribution < -0.4 is 10.2 Å². The molecule has 3 aliphatic heterocycles. The summed E-state index contributed by atoms with van der Waals surface area (Å²) in [4.78, 5) is 19.3. The predicted octanol–water partition coefficient (Wildman–Crippen LogP) is 1.57. The van der Waals surface area contributed by atoms with E-state index in [0.717, 1.165) is 68.8 Å². The van der Waals surface area contributed by atoms with Crippen molar-refractivity contribution < 1.29 is 10.3 Å². The lowest BCUT2D eigenvalue weighted by molar-refractivity contribution is -0.131. The number of hydrogen-bond acceptors (Lipinski definition) is 6. The molecule has 3 saturated heterocycles. The zero-order valence-corrected chi connectivity index (χ0v) is 17.8. The van der Waals surface area contributed by atoms with Crippen molar-refractivity contribution in [2.75, 3.05) is 55.8 Å². The maximum absolute atomic E-state index is 12.7. The molecule has 1 amide bonds. The quantitative estimate of drug-likeness (QED) is 0.795. The minimum atomic E-state index is -2.29. The average molecular weight is 431 g/mol. The van der Waals surface area contributed by atoms with E-state index < -0.39 is 6.85 Å². The third-order valence-corrected chi connectivity index (χ3v) is 7.23. The third-order valence-electron chi connectivity index (χ3n) is 6.26. The number of carbonyl (C=O) groups excluding carboxylic acids is 1. The molecule has 30 heavy (non-hydrogen) atoms. The van der Waals surface area contributed by atoms with E-state index in [4.69, 9.17) is 5.48 Å². The molecule has 1 aromatic heterocycles. The number of amides is 1. The second kappa shape index (κ2) is 8.61. The molecular formula is C22H30N6OS. The highest BCUT2D eigenvalue weighted by Crippen LogP contribution is 2.25. The Labute approximate surface area is 188 Å². The number of nitrogens with zero attached hydrogens (tertiary/aromatic N) is 5. The van der Waals surface area contributed by atoms with E-state index in [2.05, 4.69) is 20.2 Å². The summed E-state index contributed by atoms with van der Waals surface area (Å²) in [6.07, 6.45) is 0.834. The summed E-state index contributed by atoms with van der Waals surface area (Å²) in [5, 5.41) is 7.83. The Bertz CT molecular complexity index is 1020. The van der Waals surface area contributed by atoms with Gasteiger partial charge in [0.15, 0.2) is 0 Å². The van der Waals surface area contributed by atoms with Crippen LogP contribution in [0.4, 0.5) is 5.82 Å². The molecule has 7 nitrogen and oxygen atoms in total. The number of aryl methyl sites for hydroxylation is 1. The molecule has 2 atom stereocenters. The van der Waals surface area contributed by atoms with Crippen molar-refractivity contribution in [3.05, 3.63) is 42.1 Å². The maximum Gasteiger partial charge on any atom is 0.240 e. The topological polar surface area (TPSA) is 56.6 Å². The molecule has 5 rings (SSSR count). The van der Waals surface area contributed by atoms with Crippen LogP contribution in [-0.4, -0.2) is 88.5 Å². The van der Waals surface area contributed by atoms with E-state index in [-0.39, 0.29) is 17.6 Å². The van der Waals surface area contributed by atoms with Crippen LogP contribution in [0.2, 0.25) is 0 Å². The van der Waals surface area contributed by atoms with E-state index in [1.165, 1.54) is 0 Å². The van der Waals surface area contributed by atoms with Gasteiger partial charge < -0.3 is 15.1 Å². The van der Waals surface area contributed by atoms with Gasteiger partial charge in [0.25, 0.3) is 0 Å². The van der Waals surface area contributed by atoms with Gasteiger partial charge in [0, 0.05) is 61.2 Å². The summed E-state index contributed by atoms with van der Waals surface area (Å²) < 4.78 is 32.9. The average Bonchev–Trinajstić information content (AvgIpc) is 3.60. The molecule has 2 aromatic rings. The van der Waals surface area contributed by atoms with Crippen LogP contribution in [0.3, 0.4) is 0 Å². The minimum absolute atomic E-state index is 0.0707. The summed E-state index contributed by atoms with van der Waals surface area (Å²) in [5.74, 6) is 2.81. The number of aromatic nitrogens is 2. The van der Waals surface area contributed by atoms with Gasteiger partial charge in [-0.2, -0.15) is 5.10 Å². The Morgan fingerprint density at radius 1 is 1.27 bits per heavy atom. The molecule has 8 heteroatoms. The fourth-order valence-corrected chi connectivity index (χ4v) is 5.57. The molecule has 3 aliphatic rings. The first-order chi connectivity index (χ1) is 16.3. The first-order valence-electron chi connectivity index (χ1n) is 12.6. The summed E-state index contributed by atoms with van der Waals surface area (Å²) in [6.45, 7) is 2.56. The minimum Gasteiger partial charge on any atom is -0.354 e. The number of nitrogens with one attached hydrogen (secondary N) is 1. The predicted molar refractivity (Wildman–Crippen MR) is 121 cm³/mol. The van der Waals surface area contributed by atoms with Crippen LogP contribution in [0, 0.1) is 6.85 Å². The number of anilines is 1. The fraction of sp³-hybridized carbons (Fsp3) is 0.545. The van der Waals surface area contributed by atoms with Gasteiger partial charge in [-0.1, -0.05) is 18.2 Å². The van der Waals surface area contributed by atoms with E-state index in [1.807, 2.05) is 16.7 Å². The van der Waals surface area contributed by atoms with Gasteiger partial charge in [-0.05, 0) is 25.4 Å². The molecule has 3 fully saturated rings. The van der Waals surface area contributed by atoms with Gasteiger partial charge in [-0.3, -0.25) is 9.69 Å². The van der Waals surface area contributed by atoms with Gasteiger partial charge in [-0.15, -0.1) is 11.8 Å². The van der Waals surface area contributed by atoms with Crippen LogP contribution in [0.25, 0.3) is 5.69 Å². The molecule has 0 saturated carbocycles. The van der Waals surface area contributed by atoms with Crippen LogP contribution in [0.15, 0.2) is 36.4 Å². The first-order valence-corrected chi connectivity index (χ1v) is 11.7. The van der Waals surface area contributed by atoms with Crippen molar-refractivity contribution in [3.63, 3.8) is 0 Å². The highest BCUT2D eigenvalue weighted by atomic mass is 32.2. The smallest absolute Gasteiger partial charge is 0.240 e. The fourth-order valence-electron chi connectivity index (χ4n) is 4.61. The summed E-state index contributed by atoms with van der Waals surface area (Å²) in [6, 6.07) is 9.24. The number of carbonyl (C=O) groups is 1. The third kappa shape index (κ3) is 3.96. The molecule has 0 aliphatic carbocycles. The second-order valence-corrected chi connectivity index (χ2v) is 9.14. The van der Waals surface area contributed by atoms with Crippen LogP contribution in [0.1, 0.15) is 17.6 Å². The lowest BCUT2D eigenvalue weighted by Crippen LogP contribution is -2.51. The van der Waals surface area contributed by atoms with Crippen LogP contribution >= 0.6 is 11.8 Å². The number of piperazine rings is 1. The zero-order chi connectivity index (χ0) is 23.9. The van der Waals surface area contributed by atoms with Crippen molar-refractivity contribution in [2.45, 2.75) is 25.4 Å². The van der Waals surface area contributed by atoms with Gasteiger partial charge >= 0.3 is 0 Å². The zero-order valence-electron chi connectivity index (χ0n) is 21.0. The number of thioether (sulfide) groups is 1. The normalized spacial score (nSPS) is 27.6. The molecular weight excluding hydrogens is 396 g/mol. The lowest BCUT2D eigenvalue weighted by Gasteiger charge is -2.38. The van der Waals surface area contributed by atoms with Crippen LogP contribution in [-0.2, 0) is 4.79 Å². The van der Waals surface area contributed by atoms with Crippen molar-refractivity contribution in [1.29, 1.82) is 0 Å².